The van der Waals surface area contributed by atoms with Gasteiger partial charge in [0.15, 0.2) is 0 Å². The molecule has 1 N–H and O–H groups in total. The molecule has 0 spiro atoms. The van der Waals surface area contributed by atoms with Gasteiger partial charge in [-0.1, -0.05) is 12.1 Å². The lowest BCUT2D eigenvalue weighted by molar-refractivity contribution is 0.146. The second-order valence-electron chi connectivity index (χ2n) is 5.34. The Labute approximate surface area is 116 Å². The highest BCUT2D eigenvalue weighted by Gasteiger charge is 2.14. The molecular formula is C16H25NO2. The van der Waals surface area contributed by atoms with Gasteiger partial charge in [-0.05, 0) is 62.4 Å². The first kappa shape index (κ1) is 14.4. The van der Waals surface area contributed by atoms with E-state index < -0.39 is 0 Å². The third-order valence-electron chi connectivity index (χ3n) is 3.78. The van der Waals surface area contributed by atoms with E-state index >= 15 is 0 Å². The van der Waals surface area contributed by atoms with Crippen molar-refractivity contribution in [3.05, 3.63) is 29.3 Å². The van der Waals surface area contributed by atoms with Crippen molar-refractivity contribution in [2.24, 2.45) is 5.92 Å². The fourth-order valence-corrected chi connectivity index (χ4v) is 2.58. The Kier molecular flexibility index (Phi) is 5.67. The van der Waals surface area contributed by atoms with Gasteiger partial charge in [0, 0.05) is 7.11 Å². The summed E-state index contributed by atoms with van der Waals surface area (Å²) < 4.78 is 10.8. The highest BCUT2D eigenvalue weighted by Crippen LogP contribution is 2.24. The van der Waals surface area contributed by atoms with Crippen LogP contribution in [-0.4, -0.2) is 33.4 Å². The molecule has 0 bridgehead atoms. The van der Waals surface area contributed by atoms with Crippen LogP contribution in [-0.2, 0) is 11.2 Å². The standard InChI is InChI=1S/C16H25NO2/c1-13-3-4-15(11-14-5-7-17-8-6-14)12-16(13)19-10-9-18-2/h3-4,12,14,17H,5-11H2,1-2H3. The highest BCUT2D eigenvalue weighted by atomic mass is 16.5. The van der Waals surface area contributed by atoms with Crippen LogP contribution in [0.15, 0.2) is 18.2 Å². The molecule has 0 aromatic heterocycles. The number of methoxy groups -OCH3 is 1. The number of ether oxygens (including phenoxy) is 2. The molecule has 2 rings (SSSR count). The summed E-state index contributed by atoms with van der Waals surface area (Å²) in [5.41, 5.74) is 2.59. The van der Waals surface area contributed by atoms with Crippen LogP contribution >= 0.6 is 0 Å². The van der Waals surface area contributed by atoms with Crippen molar-refractivity contribution in [2.75, 3.05) is 33.4 Å². The van der Waals surface area contributed by atoms with Crippen molar-refractivity contribution in [3.63, 3.8) is 0 Å². The van der Waals surface area contributed by atoms with E-state index in [0.29, 0.717) is 13.2 Å². The van der Waals surface area contributed by atoms with Crippen molar-refractivity contribution in [1.29, 1.82) is 0 Å². The molecule has 1 aliphatic rings. The number of rotatable bonds is 6. The van der Waals surface area contributed by atoms with Crippen molar-refractivity contribution in [2.45, 2.75) is 26.2 Å². The molecule has 1 aliphatic heterocycles. The topological polar surface area (TPSA) is 30.5 Å². The molecule has 1 fully saturated rings. The normalized spacial score (nSPS) is 16.5. The summed E-state index contributed by atoms with van der Waals surface area (Å²) in [7, 11) is 1.70. The van der Waals surface area contributed by atoms with Gasteiger partial charge in [0.2, 0.25) is 0 Å². The summed E-state index contributed by atoms with van der Waals surface area (Å²) in [5, 5.41) is 3.42. The van der Waals surface area contributed by atoms with E-state index in [9.17, 15) is 0 Å². The second kappa shape index (κ2) is 7.51. The maximum absolute atomic E-state index is 5.77. The number of hydrogen-bond donors (Lipinski definition) is 1. The van der Waals surface area contributed by atoms with E-state index in [4.69, 9.17) is 9.47 Å². The zero-order valence-electron chi connectivity index (χ0n) is 12.1. The van der Waals surface area contributed by atoms with Gasteiger partial charge in [-0.25, -0.2) is 0 Å². The highest BCUT2D eigenvalue weighted by molar-refractivity contribution is 5.36. The minimum atomic E-state index is 0.619. The quantitative estimate of drug-likeness (QED) is 0.800. The van der Waals surface area contributed by atoms with Gasteiger partial charge >= 0.3 is 0 Å². The molecule has 1 aromatic carbocycles. The van der Waals surface area contributed by atoms with Crippen LogP contribution in [0.3, 0.4) is 0 Å². The number of aryl methyl sites for hydroxylation is 1. The average molecular weight is 263 g/mol. The van der Waals surface area contributed by atoms with Crippen LogP contribution in [0, 0.1) is 12.8 Å². The van der Waals surface area contributed by atoms with Crippen LogP contribution < -0.4 is 10.1 Å². The Morgan fingerprint density at radius 1 is 1.21 bits per heavy atom. The fraction of sp³-hybridized carbons (Fsp3) is 0.625. The molecule has 0 amide bonds. The Bertz CT molecular complexity index is 386. The molecule has 3 nitrogen and oxygen atoms in total. The van der Waals surface area contributed by atoms with Gasteiger partial charge in [0.1, 0.15) is 12.4 Å². The largest absolute Gasteiger partial charge is 0.491 e. The lowest BCUT2D eigenvalue weighted by atomic mass is 9.90. The smallest absolute Gasteiger partial charge is 0.122 e. The van der Waals surface area contributed by atoms with Crippen molar-refractivity contribution in [3.8, 4) is 5.75 Å². The minimum absolute atomic E-state index is 0.619. The first-order valence-corrected chi connectivity index (χ1v) is 7.21. The predicted octanol–water partition coefficient (Wildman–Crippen LogP) is 2.56. The molecule has 19 heavy (non-hydrogen) atoms. The Hall–Kier alpha value is -1.06. The number of piperidine rings is 1. The molecule has 1 saturated heterocycles. The van der Waals surface area contributed by atoms with Gasteiger partial charge in [-0.3, -0.25) is 0 Å². The zero-order valence-corrected chi connectivity index (χ0v) is 12.1. The van der Waals surface area contributed by atoms with E-state index in [1.807, 2.05) is 0 Å². The molecule has 106 valence electrons. The van der Waals surface area contributed by atoms with Gasteiger partial charge in [-0.2, -0.15) is 0 Å². The summed E-state index contributed by atoms with van der Waals surface area (Å²) in [6, 6.07) is 6.60. The lowest BCUT2D eigenvalue weighted by Crippen LogP contribution is -2.28. The monoisotopic (exact) mass is 263 g/mol. The second-order valence-corrected chi connectivity index (χ2v) is 5.34. The molecule has 3 heteroatoms. The van der Waals surface area contributed by atoms with E-state index in [1.165, 1.54) is 30.4 Å². The predicted molar refractivity (Wildman–Crippen MR) is 77.8 cm³/mol. The van der Waals surface area contributed by atoms with Crippen LogP contribution in [0.1, 0.15) is 24.0 Å². The number of benzene rings is 1. The molecule has 0 radical (unpaired) electrons. The SMILES string of the molecule is COCCOc1cc(CC2CCNCC2)ccc1C. The maximum atomic E-state index is 5.77. The van der Waals surface area contributed by atoms with Crippen LogP contribution in [0.2, 0.25) is 0 Å². The molecule has 0 aliphatic carbocycles. The fourth-order valence-electron chi connectivity index (χ4n) is 2.58. The van der Waals surface area contributed by atoms with Crippen molar-refractivity contribution >= 4 is 0 Å². The minimum Gasteiger partial charge on any atom is -0.491 e. The van der Waals surface area contributed by atoms with E-state index in [2.05, 4.69) is 30.4 Å². The summed E-state index contributed by atoms with van der Waals surface area (Å²) in [5.74, 6) is 1.82. The number of nitrogens with one attached hydrogen (secondary N) is 1. The molecular weight excluding hydrogens is 238 g/mol. The van der Waals surface area contributed by atoms with Gasteiger partial charge in [0.05, 0.1) is 6.61 Å². The van der Waals surface area contributed by atoms with Gasteiger partial charge in [0.25, 0.3) is 0 Å². The third kappa shape index (κ3) is 4.51. The first-order chi connectivity index (χ1) is 9.29. The maximum Gasteiger partial charge on any atom is 0.122 e. The van der Waals surface area contributed by atoms with E-state index in [1.54, 1.807) is 7.11 Å². The van der Waals surface area contributed by atoms with E-state index in [-0.39, 0.29) is 0 Å². The summed E-state index contributed by atoms with van der Waals surface area (Å²) >= 11 is 0. The lowest BCUT2D eigenvalue weighted by Gasteiger charge is -2.23. The first-order valence-electron chi connectivity index (χ1n) is 7.21. The molecule has 1 heterocycles. The summed E-state index contributed by atoms with van der Waals surface area (Å²) in [6.45, 7) is 5.67. The zero-order chi connectivity index (χ0) is 13.5. The average Bonchev–Trinajstić information content (AvgIpc) is 2.44. The van der Waals surface area contributed by atoms with Crippen molar-refractivity contribution < 1.29 is 9.47 Å². The number of hydrogen-bond acceptors (Lipinski definition) is 3. The Morgan fingerprint density at radius 2 is 2.00 bits per heavy atom. The summed E-state index contributed by atoms with van der Waals surface area (Å²) in [6.07, 6.45) is 3.74. The van der Waals surface area contributed by atoms with Crippen molar-refractivity contribution in [1.82, 2.24) is 5.32 Å². The molecule has 0 atom stereocenters. The van der Waals surface area contributed by atoms with Gasteiger partial charge in [-0.15, -0.1) is 0 Å². The summed E-state index contributed by atoms with van der Waals surface area (Å²) in [4.78, 5) is 0. The van der Waals surface area contributed by atoms with Crippen LogP contribution in [0.4, 0.5) is 0 Å². The van der Waals surface area contributed by atoms with E-state index in [0.717, 1.165) is 24.8 Å². The van der Waals surface area contributed by atoms with Crippen LogP contribution in [0.5, 0.6) is 5.75 Å². The Balaban J connectivity index is 1.94. The third-order valence-corrected chi connectivity index (χ3v) is 3.78. The molecule has 0 saturated carbocycles. The van der Waals surface area contributed by atoms with Gasteiger partial charge < -0.3 is 14.8 Å². The Morgan fingerprint density at radius 3 is 2.74 bits per heavy atom. The molecule has 1 aromatic rings. The van der Waals surface area contributed by atoms with Crippen LogP contribution in [0.25, 0.3) is 0 Å². The molecule has 0 unspecified atom stereocenters.